The summed E-state index contributed by atoms with van der Waals surface area (Å²) in [4.78, 5) is 0.676. The minimum atomic E-state index is -3.66. The van der Waals surface area contributed by atoms with E-state index in [0.717, 1.165) is 6.26 Å². The van der Waals surface area contributed by atoms with Crippen LogP contribution >= 0.6 is 0 Å². The number of benzene rings is 4. The molecule has 0 aliphatic rings. The summed E-state index contributed by atoms with van der Waals surface area (Å²) in [5, 5.41) is 9.43. The smallest absolute Gasteiger partial charge is 0.264 e. The van der Waals surface area contributed by atoms with Crippen LogP contribution in [-0.2, 0) is 34.0 Å². The number of ether oxygens (including phenoxy) is 2. The number of rotatable bonds is 10. The molecular weight excluding hydrogens is 629 g/mol. The van der Waals surface area contributed by atoms with Crippen molar-refractivity contribution in [2.45, 2.75) is 45.6 Å². The third kappa shape index (κ3) is 8.89. The van der Waals surface area contributed by atoms with Crippen molar-refractivity contribution in [3.63, 3.8) is 0 Å². The van der Waals surface area contributed by atoms with Crippen molar-refractivity contribution in [1.82, 2.24) is 0 Å². The van der Waals surface area contributed by atoms with Crippen LogP contribution in [0.1, 0.15) is 37.2 Å². The quantitative estimate of drug-likeness (QED) is 0.226. The fourth-order valence-electron chi connectivity index (χ4n) is 3.94. The van der Waals surface area contributed by atoms with Gasteiger partial charge in [-0.2, -0.15) is 8.42 Å². The molecule has 13 heteroatoms. The first-order valence-corrected chi connectivity index (χ1v) is 17.9. The molecular formula is C31H34O10S3. The predicted molar refractivity (Wildman–Crippen MR) is 165 cm³/mol. The van der Waals surface area contributed by atoms with Crippen molar-refractivity contribution in [3.8, 4) is 11.5 Å². The zero-order chi connectivity index (χ0) is 32.7. The van der Waals surface area contributed by atoms with Crippen molar-refractivity contribution in [3.05, 3.63) is 108 Å². The SMILES string of the molecule is COc1ccc(S(=O)(=O)c2ccc(C(C)O)cc2)cc1.COc1ccc(S(=O)(=O)c2ccc(C(C)OS(C)(=O)=O)cc2)cc1. The summed E-state index contributed by atoms with van der Waals surface area (Å²) in [6, 6.07) is 24.5. The Kier molecular flexibility index (Phi) is 11.3. The molecule has 0 aliphatic carbocycles. The van der Waals surface area contributed by atoms with E-state index in [4.69, 9.17) is 13.7 Å². The first kappa shape index (κ1) is 34.7. The third-order valence-corrected chi connectivity index (χ3v) is 10.6. The molecule has 0 amide bonds. The van der Waals surface area contributed by atoms with Crippen LogP contribution in [0.3, 0.4) is 0 Å². The summed E-state index contributed by atoms with van der Waals surface area (Å²) in [6.45, 7) is 3.21. The lowest BCUT2D eigenvalue weighted by molar-refractivity contribution is 0.199. The molecule has 0 spiro atoms. The lowest BCUT2D eigenvalue weighted by Crippen LogP contribution is -2.08. The van der Waals surface area contributed by atoms with Gasteiger partial charge in [0, 0.05) is 0 Å². The first-order valence-electron chi connectivity index (χ1n) is 13.1. The van der Waals surface area contributed by atoms with Crippen molar-refractivity contribution >= 4 is 29.8 Å². The van der Waals surface area contributed by atoms with E-state index < -0.39 is 42.0 Å². The Hall–Kier alpha value is -3.75. The predicted octanol–water partition coefficient (Wildman–Crippen LogP) is 5.15. The van der Waals surface area contributed by atoms with Crippen LogP contribution in [0.2, 0.25) is 0 Å². The molecule has 2 unspecified atom stereocenters. The largest absolute Gasteiger partial charge is 0.497 e. The molecule has 0 aliphatic heterocycles. The number of hydrogen-bond donors (Lipinski definition) is 1. The zero-order valence-electron chi connectivity index (χ0n) is 24.7. The van der Waals surface area contributed by atoms with Gasteiger partial charge < -0.3 is 14.6 Å². The van der Waals surface area contributed by atoms with Crippen LogP contribution in [0.4, 0.5) is 0 Å². The average molecular weight is 663 g/mol. The van der Waals surface area contributed by atoms with E-state index in [2.05, 4.69) is 0 Å². The van der Waals surface area contributed by atoms with E-state index in [-0.39, 0.29) is 19.6 Å². The van der Waals surface area contributed by atoms with Crippen LogP contribution in [-0.4, -0.2) is 50.8 Å². The van der Waals surface area contributed by atoms with Gasteiger partial charge in [-0.1, -0.05) is 24.3 Å². The fraction of sp³-hybridized carbons (Fsp3) is 0.226. The van der Waals surface area contributed by atoms with Crippen molar-refractivity contribution < 1.29 is 44.0 Å². The van der Waals surface area contributed by atoms with Gasteiger partial charge in [-0.3, -0.25) is 4.18 Å². The second-order valence-electron chi connectivity index (χ2n) is 9.61. The molecule has 1 N–H and O–H groups in total. The van der Waals surface area contributed by atoms with Gasteiger partial charge in [0.15, 0.2) is 0 Å². The van der Waals surface area contributed by atoms with E-state index in [1.807, 2.05) is 0 Å². The number of aliphatic hydroxyl groups excluding tert-OH is 1. The molecule has 4 aromatic rings. The second-order valence-corrected chi connectivity index (χ2v) is 15.1. The average Bonchev–Trinajstić information content (AvgIpc) is 3.00. The molecule has 44 heavy (non-hydrogen) atoms. The van der Waals surface area contributed by atoms with Gasteiger partial charge in [0.05, 0.1) is 52.3 Å². The van der Waals surface area contributed by atoms with E-state index in [1.165, 1.54) is 74.9 Å². The fourth-order valence-corrected chi connectivity index (χ4v) is 7.10. The van der Waals surface area contributed by atoms with E-state index in [0.29, 0.717) is 22.6 Å². The highest BCUT2D eigenvalue weighted by Crippen LogP contribution is 2.27. The molecule has 0 fully saturated rings. The summed E-state index contributed by atoms with van der Waals surface area (Å²) in [7, 11) is -7.76. The Morgan fingerprint density at radius 2 is 0.818 bits per heavy atom. The zero-order valence-corrected chi connectivity index (χ0v) is 27.2. The lowest BCUT2D eigenvalue weighted by Gasteiger charge is -2.12. The van der Waals surface area contributed by atoms with Gasteiger partial charge in [0.25, 0.3) is 10.1 Å². The Balaban J connectivity index is 0.000000244. The van der Waals surface area contributed by atoms with Crippen LogP contribution in [0, 0.1) is 0 Å². The Bertz CT molecular complexity index is 1850. The molecule has 0 bridgehead atoms. The van der Waals surface area contributed by atoms with Crippen LogP contribution in [0.5, 0.6) is 11.5 Å². The van der Waals surface area contributed by atoms with Gasteiger partial charge in [0.2, 0.25) is 19.7 Å². The Morgan fingerprint density at radius 3 is 1.09 bits per heavy atom. The molecule has 2 atom stereocenters. The van der Waals surface area contributed by atoms with E-state index in [9.17, 15) is 30.4 Å². The van der Waals surface area contributed by atoms with Gasteiger partial charge in [-0.05, 0) is 97.8 Å². The van der Waals surface area contributed by atoms with Crippen molar-refractivity contribution in [1.29, 1.82) is 0 Å². The highest BCUT2D eigenvalue weighted by atomic mass is 32.2. The minimum Gasteiger partial charge on any atom is -0.497 e. The molecule has 236 valence electrons. The van der Waals surface area contributed by atoms with Crippen LogP contribution < -0.4 is 9.47 Å². The van der Waals surface area contributed by atoms with Gasteiger partial charge in [-0.15, -0.1) is 0 Å². The third-order valence-electron chi connectivity index (χ3n) is 6.39. The molecule has 0 radical (unpaired) electrons. The van der Waals surface area contributed by atoms with E-state index in [1.54, 1.807) is 50.2 Å². The molecule has 4 rings (SSSR count). The van der Waals surface area contributed by atoms with Crippen LogP contribution in [0.15, 0.2) is 117 Å². The monoisotopic (exact) mass is 662 g/mol. The molecule has 4 aromatic carbocycles. The lowest BCUT2D eigenvalue weighted by atomic mass is 10.1. The molecule has 0 saturated carbocycles. The standard InChI is InChI=1S/C16H18O6S2.C15H16O4S/c1-12(22-23(3,17)18)13-4-8-15(9-5-13)24(19,20)16-10-6-14(21-2)7-11-16;1-11(16)12-3-7-14(8-4-12)20(17,18)15-9-5-13(19-2)6-10-15/h4-12H,1-3H3;3-11,16H,1-2H3. The van der Waals surface area contributed by atoms with Crippen molar-refractivity contribution in [2.24, 2.45) is 0 Å². The van der Waals surface area contributed by atoms with Crippen molar-refractivity contribution in [2.75, 3.05) is 20.5 Å². The van der Waals surface area contributed by atoms with Gasteiger partial charge in [0.1, 0.15) is 11.5 Å². The summed E-state index contributed by atoms with van der Waals surface area (Å²) in [6.07, 6.45) is -0.350. The Labute approximate surface area is 258 Å². The minimum absolute atomic E-state index is 0.114. The van der Waals surface area contributed by atoms with Gasteiger partial charge >= 0.3 is 0 Å². The van der Waals surface area contributed by atoms with Crippen LogP contribution in [0.25, 0.3) is 0 Å². The summed E-state index contributed by atoms with van der Waals surface area (Å²) in [5.41, 5.74) is 1.24. The highest BCUT2D eigenvalue weighted by Gasteiger charge is 2.20. The maximum atomic E-state index is 12.6. The first-order chi connectivity index (χ1) is 20.6. The molecule has 0 saturated heterocycles. The Morgan fingerprint density at radius 1 is 0.523 bits per heavy atom. The number of methoxy groups -OCH3 is 2. The summed E-state index contributed by atoms with van der Waals surface area (Å²) in [5.74, 6) is 1.17. The number of hydrogen-bond acceptors (Lipinski definition) is 10. The summed E-state index contributed by atoms with van der Waals surface area (Å²) >= 11 is 0. The highest BCUT2D eigenvalue weighted by molar-refractivity contribution is 7.91. The second kappa shape index (κ2) is 14.4. The molecule has 10 nitrogen and oxygen atoms in total. The normalized spacial score (nSPS) is 13.2. The number of sulfone groups is 2. The maximum absolute atomic E-state index is 12.6. The maximum Gasteiger partial charge on any atom is 0.264 e. The number of aliphatic hydroxyl groups is 1. The van der Waals surface area contributed by atoms with Gasteiger partial charge in [-0.25, -0.2) is 16.8 Å². The topological polar surface area (TPSA) is 150 Å². The summed E-state index contributed by atoms with van der Waals surface area (Å²) < 4.78 is 87.2. The molecule has 0 aromatic heterocycles. The van der Waals surface area contributed by atoms with E-state index >= 15 is 0 Å². The molecule has 0 heterocycles.